The number of benzene rings is 2. The van der Waals surface area contributed by atoms with E-state index in [1.807, 2.05) is 30.3 Å². The highest BCUT2D eigenvalue weighted by Gasteiger charge is 2.51. The van der Waals surface area contributed by atoms with Crippen LogP contribution in [0.2, 0.25) is 0 Å². The van der Waals surface area contributed by atoms with Gasteiger partial charge in [0.05, 0.1) is 22.3 Å². The summed E-state index contributed by atoms with van der Waals surface area (Å²) in [5.41, 5.74) is 0.859. The zero-order chi connectivity index (χ0) is 16.9. The minimum absolute atomic E-state index is 0.0652. The molecule has 0 aromatic heterocycles. The van der Waals surface area contributed by atoms with E-state index in [0.717, 1.165) is 18.5 Å². The molecular weight excluding hydrogens is 372 g/mol. The summed E-state index contributed by atoms with van der Waals surface area (Å²) in [7, 11) is 0. The van der Waals surface area contributed by atoms with Crippen molar-refractivity contribution in [1.29, 1.82) is 5.26 Å². The highest BCUT2D eigenvalue weighted by atomic mass is 79.9. The molecule has 2 aromatic carbocycles. The summed E-state index contributed by atoms with van der Waals surface area (Å²) in [6.07, 6.45) is 1.85. The number of fused-ring (bicyclic) bond motifs is 1. The van der Waals surface area contributed by atoms with Crippen molar-refractivity contribution < 1.29 is 14.6 Å². The molecule has 6 heteroatoms. The van der Waals surface area contributed by atoms with Gasteiger partial charge >= 0.3 is 0 Å². The Morgan fingerprint density at radius 1 is 1.33 bits per heavy atom. The van der Waals surface area contributed by atoms with Crippen LogP contribution < -0.4 is 9.64 Å². The average molecular weight is 385 g/mol. The van der Waals surface area contributed by atoms with Crippen molar-refractivity contribution in [2.24, 2.45) is 0 Å². The number of halogens is 1. The number of nitrogens with zero attached hydrogens (tertiary/aromatic N) is 2. The lowest BCUT2D eigenvalue weighted by Gasteiger charge is -2.35. The first-order valence-corrected chi connectivity index (χ1v) is 8.35. The minimum atomic E-state index is -0.282. The predicted octanol–water partition coefficient (Wildman–Crippen LogP) is 3.60. The van der Waals surface area contributed by atoms with Crippen molar-refractivity contribution in [3.63, 3.8) is 0 Å². The third-order valence-corrected chi connectivity index (χ3v) is 5.02. The summed E-state index contributed by atoms with van der Waals surface area (Å²) in [5, 5.41) is 19.0. The number of carbonyl (C=O) groups excluding carboxylic acids is 1. The molecule has 1 N–H and O–H groups in total. The first kappa shape index (κ1) is 15.0. The summed E-state index contributed by atoms with van der Waals surface area (Å²) >= 11 is 3.20. The number of nitriles is 1. The highest BCUT2D eigenvalue weighted by molar-refractivity contribution is 9.10. The van der Waals surface area contributed by atoms with Crippen LogP contribution in [-0.4, -0.2) is 23.2 Å². The lowest BCUT2D eigenvalue weighted by molar-refractivity contribution is 0.0943. The van der Waals surface area contributed by atoms with Gasteiger partial charge in [-0.25, -0.2) is 0 Å². The van der Waals surface area contributed by atoms with E-state index in [2.05, 4.69) is 15.9 Å². The van der Waals surface area contributed by atoms with E-state index in [1.165, 1.54) is 12.1 Å². The minimum Gasteiger partial charge on any atom is -0.505 e. The van der Waals surface area contributed by atoms with E-state index in [1.54, 1.807) is 4.90 Å². The molecule has 1 fully saturated rings. The van der Waals surface area contributed by atoms with Gasteiger partial charge in [0.2, 0.25) is 0 Å². The first-order chi connectivity index (χ1) is 11.5. The fraction of sp³-hybridized carbons (Fsp3) is 0.222. The quantitative estimate of drug-likeness (QED) is 0.814. The topological polar surface area (TPSA) is 73.6 Å². The second-order valence-electron chi connectivity index (χ2n) is 6.11. The monoisotopic (exact) mass is 384 g/mol. The van der Waals surface area contributed by atoms with Crippen LogP contribution in [0.5, 0.6) is 11.5 Å². The zero-order valence-corrected chi connectivity index (χ0v) is 14.2. The van der Waals surface area contributed by atoms with Gasteiger partial charge in [-0.3, -0.25) is 4.79 Å². The summed E-state index contributed by atoms with van der Waals surface area (Å²) < 4.78 is 6.37. The number of phenolic OH excluding ortho intramolecular Hbond substituents is 1. The predicted molar refractivity (Wildman–Crippen MR) is 91.2 cm³/mol. The largest absolute Gasteiger partial charge is 0.505 e. The number of hydrogen-bond donors (Lipinski definition) is 1. The number of hydrogen-bond acceptors (Lipinski definition) is 4. The van der Waals surface area contributed by atoms with Crippen LogP contribution in [0, 0.1) is 11.3 Å². The summed E-state index contributed by atoms with van der Waals surface area (Å²) in [6.45, 7) is 0.489. The average Bonchev–Trinajstić information content (AvgIpc) is 3.34. The molecular formula is C18H13BrN2O3. The Morgan fingerprint density at radius 2 is 2.08 bits per heavy atom. The molecule has 1 aliphatic heterocycles. The summed E-state index contributed by atoms with van der Waals surface area (Å²) in [5.74, 6) is 0.331. The molecule has 5 nitrogen and oxygen atoms in total. The number of anilines is 1. The van der Waals surface area contributed by atoms with Crippen molar-refractivity contribution in [3.05, 3.63) is 52.0 Å². The van der Waals surface area contributed by atoms with Crippen molar-refractivity contribution in [3.8, 4) is 17.6 Å². The molecule has 0 atom stereocenters. The molecule has 120 valence electrons. The normalized spacial score (nSPS) is 16.9. The molecule has 1 amide bonds. The summed E-state index contributed by atoms with van der Waals surface area (Å²) in [6, 6.07) is 12.3. The maximum atomic E-state index is 13.1. The van der Waals surface area contributed by atoms with Gasteiger partial charge in [-0.15, -0.1) is 0 Å². The van der Waals surface area contributed by atoms with Gasteiger partial charge in [0.1, 0.15) is 23.2 Å². The Balaban J connectivity index is 1.78. The van der Waals surface area contributed by atoms with E-state index in [9.17, 15) is 9.90 Å². The SMILES string of the molecule is N#Cc1cc(C(=O)N2CC3(CC3)Oc3ccccc32)cc(Br)c1O. The second kappa shape index (κ2) is 5.25. The third kappa shape index (κ3) is 2.33. The standard InChI is InChI=1S/C18H13BrN2O3/c19-13-8-11(7-12(9-20)16(13)22)17(23)21-10-18(5-6-18)24-15-4-2-1-3-14(15)21/h1-4,7-8,22H,5-6,10H2. The van der Waals surface area contributed by atoms with Gasteiger partial charge in [-0.05, 0) is 53.0 Å². The number of ether oxygens (including phenoxy) is 1. The molecule has 2 aromatic rings. The lowest BCUT2D eigenvalue weighted by atomic mass is 10.1. The smallest absolute Gasteiger partial charge is 0.258 e. The Morgan fingerprint density at radius 3 is 2.79 bits per heavy atom. The lowest BCUT2D eigenvalue weighted by Crippen LogP contribution is -2.45. The van der Waals surface area contributed by atoms with Crippen LogP contribution in [0.4, 0.5) is 5.69 Å². The van der Waals surface area contributed by atoms with Gasteiger partial charge in [-0.2, -0.15) is 5.26 Å². The first-order valence-electron chi connectivity index (χ1n) is 7.55. The molecule has 1 saturated carbocycles. The fourth-order valence-electron chi connectivity index (χ4n) is 2.95. The number of carbonyl (C=O) groups is 1. The van der Waals surface area contributed by atoms with E-state index in [-0.39, 0.29) is 22.8 Å². The van der Waals surface area contributed by atoms with Crippen molar-refractivity contribution in [1.82, 2.24) is 0 Å². The number of phenols is 1. The Labute approximate surface area is 147 Å². The van der Waals surface area contributed by atoms with E-state index < -0.39 is 0 Å². The van der Waals surface area contributed by atoms with Gasteiger partial charge in [0.25, 0.3) is 5.91 Å². The van der Waals surface area contributed by atoms with Crippen LogP contribution in [0.3, 0.4) is 0 Å². The van der Waals surface area contributed by atoms with Crippen LogP contribution in [-0.2, 0) is 0 Å². The second-order valence-corrected chi connectivity index (χ2v) is 6.96. The Bertz CT molecular complexity index is 900. The molecule has 1 aliphatic carbocycles. The Hall–Kier alpha value is -2.52. The summed E-state index contributed by atoms with van der Waals surface area (Å²) in [4.78, 5) is 14.8. The molecule has 0 radical (unpaired) electrons. The van der Waals surface area contributed by atoms with Crippen LogP contribution in [0.1, 0.15) is 28.8 Å². The molecule has 2 aliphatic rings. The number of amides is 1. The van der Waals surface area contributed by atoms with Crippen molar-refractivity contribution in [2.45, 2.75) is 18.4 Å². The van der Waals surface area contributed by atoms with Gasteiger partial charge in [-0.1, -0.05) is 12.1 Å². The zero-order valence-electron chi connectivity index (χ0n) is 12.6. The van der Waals surface area contributed by atoms with Crippen LogP contribution in [0.25, 0.3) is 0 Å². The van der Waals surface area contributed by atoms with Crippen LogP contribution in [0.15, 0.2) is 40.9 Å². The maximum absolute atomic E-state index is 13.1. The molecule has 1 heterocycles. The number of para-hydroxylation sites is 2. The molecule has 0 saturated heterocycles. The van der Waals surface area contributed by atoms with Gasteiger partial charge in [0.15, 0.2) is 0 Å². The fourth-order valence-corrected chi connectivity index (χ4v) is 3.41. The third-order valence-electron chi connectivity index (χ3n) is 4.41. The molecule has 4 rings (SSSR count). The highest BCUT2D eigenvalue weighted by Crippen LogP contribution is 2.48. The molecule has 24 heavy (non-hydrogen) atoms. The van der Waals surface area contributed by atoms with Gasteiger partial charge < -0.3 is 14.7 Å². The maximum Gasteiger partial charge on any atom is 0.258 e. The van der Waals surface area contributed by atoms with Crippen molar-refractivity contribution >= 4 is 27.5 Å². The van der Waals surface area contributed by atoms with E-state index in [0.29, 0.717) is 22.3 Å². The molecule has 0 unspecified atom stereocenters. The van der Waals surface area contributed by atoms with Gasteiger partial charge in [0, 0.05) is 5.56 Å². The number of aromatic hydroxyl groups is 1. The number of rotatable bonds is 1. The Kier molecular flexibility index (Phi) is 3.29. The molecule has 1 spiro atoms. The van der Waals surface area contributed by atoms with E-state index >= 15 is 0 Å². The van der Waals surface area contributed by atoms with E-state index in [4.69, 9.17) is 10.00 Å². The van der Waals surface area contributed by atoms with Crippen LogP contribution >= 0.6 is 15.9 Å². The van der Waals surface area contributed by atoms with Crippen molar-refractivity contribution in [2.75, 3.05) is 11.4 Å². The molecule has 0 bridgehead atoms.